The Labute approximate surface area is 104 Å². The average molecular weight is 232 g/mol. The Morgan fingerprint density at radius 3 is 2.59 bits per heavy atom. The van der Waals surface area contributed by atoms with Crippen molar-refractivity contribution < 1.29 is 4.79 Å². The lowest BCUT2D eigenvalue weighted by molar-refractivity contribution is -0.191. The first-order chi connectivity index (χ1) is 7.92. The van der Waals surface area contributed by atoms with Gasteiger partial charge in [-0.25, -0.2) is 0 Å². The molecule has 0 aromatic carbocycles. The zero-order valence-corrected chi connectivity index (χ0v) is 11.3. The van der Waals surface area contributed by atoms with Gasteiger partial charge in [0, 0.05) is 12.3 Å². The first-order valence-electron chi connectivity index (χ1n) is 7.45. The maximum atomic E-state index is 12.5. The predicted molar refractivity (Wildman–Crippen MR) is 67.4 cm³/mol. The molecule has 0 spiro atoms. The lowest BCUT2D eigenvalue weighted by Crippen LogP contribution is -2.64. The molecule has 0 saturated heterocycles. The van der Waals surface area contributed by atoms with Gasteiger partial charge in [-0.05, 0) is 60.2 Å². The van der Waals surface area contributed by atoms with Crippen molar-refractivity contribution in [2.24, 2.45) is 40.4 Å². The van der Waals surface area contributed by atoms with Crippen LogP contribution >= 0.6 is 0 Å². The van der Waals surface area contributed by atoms with Gasteiger partial charge in [-0.15, -0.1) is 0 Å². The molecule has 4 fully saturated rings. The second kappa shape index (κ2) is 2.81. The molecule has 17 heavy (non-hydrogen) atoms. The molecule has 1 nitrogen and oxygen atoms in total. The number of ketones is 1. The maximum Gasteiger partial charge on any atom is 0.137 e. The van der Waals surface area contributed by atoms with Gasteiger partial charge in [0.1, 0.15) is 5.78 Å². The molecular weight excluding hydrogens is 208 g/mol. The zero-order valence-electron chi connectivity index (χ0n) is 11.3. The van der Waals surface area contributed by atoms with E-state index >= 15 is 0 Å². The van der Waals surface area contributed by atoms with Crippen LogP contribution in [0.4, 0.5) is 0 Å². The van der Waals surface area contributed by atoms with Crippen molar-refractivity contribution in [2.75, 3.05) is 0 Å². The Morgan fingerprint density at radius 2 is 1.82 bits per heavy atom. The number of hydrogen-bond acceptors (Lipinski definition) is 1. The van der Waals surface area contributed by atoms with Crippen LogP contribution in [0.15, 0.2) is 0 Å². The fraction of sp³-hybridized carbons (Fsp3) is 0.938. The molecule has 0 radical (unpaired) electrons. The van der Waals surface area contributed by atoms with Crippen LogP contribution in [0.3, 0.4) is 0 Å². The summed E-state index contributed by atoms with van der Waals surface area (Å²) in [6, 6.07) is 0. The standard InChI is InChI=1S/C16H24O/c1-15(2)7-11(17)14-12-9-4-5-10(6-9)13(12)16(14,3)8-15/h9-10,12-14H,4-8H2,1-3H3. The van der Waals surface area contributed by atoms with Crippen LogP contribution in [-0.2, 0) is 4.79 Å². The first kappa shape index (κ1) is 10.6. The summed E-state index contributed by atoms with van der Waals surface area (Å²) in [7, 11) is 0. The molecule has 4 rings (SSSR count). The molecule has 4 aliphatic rings. The number of carbonyl (C=O) groups is 1. The van der Waals surface area contributed by atoms with Crippen molar-refractivity contribution in [1.29, 1.82) is 0 Å². The van der Waals surface area contributed by atoms with Crippen molar-refractivity contribution in [2.45, 2.75) is 52.9 Å². The summed E-state index contributed by atoms with van der Waals surface area (Å²) >= 11 is 0. The molecule has 4 aliphatic carbocycles. The summed E-state index contributed by atoms with van der Waals surface area (Å²) in [4.78, 5) is 12.5. The lowest BCUT2D eigenvalue weighted by atomic mass is 9.37. The van der Waals surface area contributed by atoms with Crippen LogP contribution in [0.2, 0.25) is 0 Å². The Bertz CT molecular complexity index is 396. The van der Waals surface area contributed by atoms with E-state index in [0.29, 0.717) is 17.1 Å². The molecule has 0 N–H and O–H groups in total. The smallest absolute Gasteiger partial charge is 0.137 e. The van der Waals surface area contributed by atoms with Crippen LogP contribution in [-0.4, -0.2) is 5.78 Å². The van der Waals surface area contributed by atoms with E-state index in [1.807, 2.05) is 0 Å². The number of Topliss-reactive ketones (excluding diaryl/α,β-unsaturated/α-hetero) is 1. The molecule has 6 atom stereocenters. The van der Waals surface area contributed by atoms with Crippen molar-refractivity contribution in [3.8, 4) is 0 Å². The van der Waals surface area contributed by atoms with Gasteiger partial charge in [0.2, 0.25) is 0 Å². The molecule has 0 amide bonds. The molecule has 94 valence electrons. The van der Waals surface area contributed by atoms with Crippen LogP contribution in [0, 0.1) is 40.4 Å². The molecule has 0 heterocycles. The van der Waals surface area contributed by atoms with Gasteiger partial charge in [0.25, 0.3) is 0 Å². The van der Waals surface area contributed by atoms with Gasteiger partial charge in [-0.1, -0.05) is 20.8 Å². The third-order valence-electron chi connectivity index (χ3n) is 6.70. The molecule has 0 aromatic heterocycles. The fourth-order valence-electron chi connectivity index (χ4n) is 6.81. The normalized spacial score (nSPS) is 58.5. The molecule has 2 bridgehead atoms. The summed E-state index contributed by atoms with van der Waals surface area (Å²) < 4.78 is 0. The van der Waals surface area contributed by atoms with Gasteiger partial charge in [0.05, 0.1) is 0 Å². The fourth-order valence-corrected chi connectivity index (χ4v) is 6.81. The van der Waals surface area contributed by atoms with Gasteiger partial charge in [0.15, 0.2) is 0 Å². The molecule has 4 saturated carbocycles. The van der Waals surface area contributed by atoms with Crippen LogP contribution in [0.5, 0.6) is 0 Å². The second-order valence-electron chi connectivity index (χ2n) is 8.40. The van der Waals surface area contributed by atoms with Gasteiger partial charge >= 0.3 is 0 Å². The van der Waals surface area contributed by atoms with E-state index in [4.69, 9.17) is 0 Å². The largest absolute Gasteiger partial charge is 0.299 e. The molecular formula is C16H24O. The van der Waals surface area contributed by atoms with Gasteiger partial charge < -0.3 is 0 Å². The second-order valence-corrected chi connectivity index (χ2v) is 8.40. The summed E-state index contributed by atoms with van der Waals surface area (Å²) in [5.41, 5.74) is 0.637. The minimum Gasteiger partial charge on any atom is -0.299 e. The highest BCUT2D eigenvalue weighted by molar-refractivity contribution is 5.85. The predicted octanol–water partition coefficient (Wildman–Crippen LogP) is 3.67. The van der Waals surface area contributed by atoms with Crippen LogP contribution < -0.4 is 0 Å². The summed E-state index contributed by atoms with van der Waals surface area (Å²) in [5.74, 6) is 4.69. The minimum absolute atomic E-state index is 0.259. The third-order valence-corrected chi connectivity index (χ3v) is 6.70. The first-order valence-corrected chi connectivity index (χ1v) is 7.45. The van der Waals surface area contributed by atoms with E-state index in [1.165, 1.54) is 25.7 Å². The molecule has 1 heteroatoms. The van der Waals surface area contributed by atoms with Gasteiger partial charge in [-0.3, -0.25) is 4.79 Å². The molecule has 0 aromatic rings. The minimum atomic E-state index is 0.259. The summed E-state index contributed by atoms with van der Waals surface area (Å²) in [6.07, 6.45) is 6.47. The monoisotopic (exact) mass is 232 g/mol. The molecule has 6 unspecified atom stereocenters. The van der Waals surface area contributed by atoms with Gasteiger partial charge in [-0.2, -0.15) is 0 Å². The van der Waals surface area contributed by atoms with E-state index < -0.39 is 0 Å². The van der Waals surface area contributed by atoms with E-state index in [0.717, 1.165) is 30.1 Å². The highest BCUT2D eigenvalue weighted by atomic mass is 16.1. The zero-order chi connectivity index (χ0) is 12.0. The molecule has 0 aliphatic heterocycles. The van der Waals surface area contributed by atoms with Crippen LogP contribution in [0.25, 0.3) is 0 Å². The topological polar surface area (TPSA) is 17.1 Å². The Kier molecular flexibility index (Phi) is 1.75. The van der Waals surface area contributed by atoms with Crippen molar-refractivity contribution in [1.82, 2.24) is 0 Å². The van der Waals surface area contributed by atoms with E-state index in [2.05, 4.69) is 20.8 Å². The number of rotatable bonds is 0. The Morgan fingerprint density at radius 1 is 1.12 bits per heavy atom. The summed E-state index contributed by atoms with van der Waals surface area (Å²) in [5, 5.41) is 0. The average Bonchev–Trinajstić information content (AvgIpc) is 2.70. The van der Waals surface area contributed by atoms with Crippen LogP contribution in [0.1, 0.15) is 52.9 Å². The van der Waals surface area contributed by atoms with Crippen molar-refractivity contribution in [3.63, 3.8) is 0 Å². The van der Waals surface area contributed by atoms with E-state index in [-0.39, 0.29) is 5.41 Å². The maximum absolute atomic E-state index is 12.5. The highest BCUT2D eigenvalue weighted by Crippen LogP contribution is 2.75. The Balaban J connectivity index is 1.73. The van der Waals surface area contributed by atoms with E-state index in [1.54, 1.807) is 0 Å². The third kappa shape index (κ3) is 1.10. The number of carbonyl (C=O) groups excluding carboxylic acids is 1. The highest BCUT2D eigenvalue weighted by Gasteiger charge is 2.71. The van der Waals surface area contributed by atoms with Crippen molar-refractivity contribution in [3.05, 3.63) is 0 Å². The SMILES string of the molecule is CC1(C)CC(=O)C2C3C4CCC(C4)C3C2(C)C1. The number of hydrogen-bond donors (Lipinski definition) is 0. The summed E-state index contributed by atoms with van der Waals surface area (Å²) in [6.45, 7) is 7.04. The van der Waals surface area contributed by atoms with Crippen molar-refractivity contribution >= 4 is 5.78 Å². The quantitative estimate of drug-likeness (QED) is 0.622. The Hall–Kier alpha value is -0.330. The number of fused-ring (bicyclic) bond motifs is 8. The van der Waals surface area contributed by atoms with E-state index in [9.17, 15) is 4.79 Å². The lowest BCUT2D eigenvalue weighted by Gasteiger charge is -2.66.